The Morgan fingerprint density at radius 1 is 0.875 bits per heavy atom. The summed E-state index contributed by atoms with van der Waals surface area (Å²) in [5.74, 6) is 2.62. The molecule has 0 spiro atoms. The first-order chi connectivity index (χ1) is 7.93. The van der Waals surface area contributed by atoms with Crippen molar-refractivity contribution in [3.8, 4) is 0 Å². The van der Waals surface area contributed by atoms with Crippen molar-refractivity contribution in [1.29, 1.82) is 0 Å². The fourth-order valence-electron chi connectivity index (χ4n) is 2.03. The van der Waals surface area contributed by atoms with E-state index in [2.05, 4.69) is 66.0 Å². The summed E-state index contributed by atoms with van der Waals surface area (Å²) in [6.07, 6.45) is 1.36. The predicted octanol–water partition coefficient (Wildman–Crippen LogP) is 4.71. The van der Waals surface area contributed by atoms with Gasteiger partial charge in [0, 0.05) is 0 Å². The lowest BCUT2D eigenvalue weighted by atomic mass is 10.1. The number of thioether (sulfide) groups is 2. The van der Waals surface area contributed by atoms with E-state index in [0.717, 1.165) is 0 Å². The first kappa shape index (κ1) is 10.5. The van der Waals surface area contributed by atoms with Gasteiger partial charge in [-0.3, -0.25) is 0 Å². The van der Waals surface area contributed by atoms with Crippen LogP contribution in [0.25, 0.3) is 10.8 Å². The maximum Gasteiger partial charge on any atom is 0.0751 e. The van der Waals surface area contributed by atoms with Gasteiger partial charge >= 0.3 is 0 Å². The van der Waals surface area contributed by atoms with Crippen LogP contribution in [0.4, 0.5) is 0 Å². The molecule has 0 amide bonds. The molecule has 0 saturated carbocycles. The summed E-state index contributed by atoms with van der Waals surface area (Å²) in [6.45, 7) is 0. The highest BCUT2D eigenvalue weighted by atomic mass is 32.2. The van der Waals surface area contributed by atoms with Gasteiger partial charge in [-0.1, -0.05) is 36.4 Å². The van der Waals surface area contributed by atoms with Crippen LogP contribution in [0.15, 0.2) is 42.5 Å². The fraction of sp³-hybridized carbons (Fsp3) is 0.286. The van der Waals surface area contributed by atoms with E-state index in [1.807, 2.05) is 0 Å². The van der Waals surface area contributed by atoms with E-state index < -0.39 is 0 Å². The molecule has 0 aliphatic carbocycles. The predicted molar refractivity (Wildman–Crippen MR) is 76.2 cm³/mol. The molecule has 16 heavy (non-hydrogen) atoms. The maximum atomic E-state index is 2.35. The Hall–Kier alpha value is -0.600. The number of fused-ring (bicyclic) bond motifs is 1. The van der Waals surface area contributed by atoms with Gasteiger partial charge in [0.15, 0.2) is 0 Å². The molecule has 3 rings (SSSR count). The Bertz CT molecular complexity index is 487. The minimum absolute atomic E-state index is 0.651. The van der Waals surface area contributed by atoms with Crippen molar-refractivity contribution < 1.29 is 0 Å². The molecule has 0 atom stereocenters. The lowest BCUT2D eigenvalue weighted by Gasteiger charge is -2.21. The van der Waals surface area contributed by atoms with Crippen molar-refractivity contribution >= 4 is 34.3 Å². The summed E-state index contributed by atoms with van der Waals surface area (Å²) in [6, 6.07) is 15.5. The number of rotatable bonds is 1. The smallest absolute Gasteiger partial charge is 0.0751 e. The fourth-order valence-corrected chi connectivity index (χ4v) is 4.91. The molecule has 1 fully saturated rings. The van der Waals surface area contributed by atoms with Gasteiger partial charge in [-0.2, -0.15) is 0 Å². The zero-order valence-corrected chi connectivity index (χ0v) is 10.7. The molecule has 1 heterocycles. The Balaban J connectivity index is 1.97. The van der Waals surface area contributed by atoms with E-state index in [4.69, 9.17) is 0 Å². The van der Waals surface area contributed by atoms with Gasteiger partial charge < -0.3 is 0 Å². The lowest BCUT2D eigenvalue weighted by Crippen LogP contribution is -1.99. The Kier molecular flexibility index (Phi) is 3.11. The first-order valence-electron chi connectivity index (χ1n) is 5.65. The highest BCUT2D eigenvalue weighted by Gasteiger charge is 2.16. The van der Waals surface area contributed by atoms with Crippen molar-refractivity contribution in [2.45, 2.75) is 11.0 Å². The van der Waals surface area contributed by atoms with Gasteiger partial charge in [-0.05, 0) is 40.3 Å². The van der Waals surface area contributed by atoms with Gasteiger partial charge in [0.05, 0.1) is 4.58 Å². The van der Waals surface area contributed by atoms with Crippen molar-refractivity contribution in [2.75, 3.05) is 11.5 Å². The van der Waals surface area contributed by atoms with Gasteiger partial charge in [0.25, 0.3) is 0 Å². The van der Waals surface area contributed by atoms with Gasteiger partial charge in [-0.25, -0.2) is 0 Å². The molecule has 2 heteroatoms. The molecule has 82 valence electrons. The minimum Gasteiger partial charge on any atom is -0.143 e. The molecule has 2 aromatic carbocycles. The van der Waals surface area contributed by atoms with Gasteiger partial charge in [-0.15, -0.1) is 23.5 Å². The third-order valence-corrected chi connectivity index (χ3v) is 5.89. The quantitative estimate of drug-likeness (QED) is 0.715. The largest absolute Gasteiger partial charge is 0.143 e. The molecule has 1 saturated heterocycles. The standard InChI is InChI=1S/C14H14S2/c1-2-5-12-10-13(7-6-11(12)4-1)14-15-8-3-9-16-14/h1-2,4-7,10,14H,3,8-9H2. The summed E-state index contributed by atoms with van der Waals surface area (Å²) in [4.78, 5) is 0. The zero-order valence-electron chi connectivity index (χ0n) is 9.06. The van der Waals surface area contributed by atoms with Crippen LogP contribution in [-0.4, -0.2) is 11.5 Å². The van der Waals surface area contributed by atoms with Crippen LogP contribution >= 0.6 is 23.5 Å². The van der Waals surface area contributed by atoms with Gasteiger partial charge in [0.1, 0.15) is 0 Å². The average molecular weight is 246 g/mol. The number of hydrogen-bond donors (Lipinski definition) is 0. The minimum atomic E-state index is 0.651. The Morgan fingerprint density at radius 3 is 2.44 bits per heavy atom. The topological polar surface area (TPSA) is 0 Å². The van der Waals surface area contributed by atoms with Crippen LogP contribution < -0.4 is 0 Å². The summed E-state index contributed by atoms with van der Waals surface area (Å²) in [5, 5.41) is 2.71. The third-order valence-electron chi connectivity index (χ3n) is 2.87. The zero-order chi connectivity index (χ0) is 10.8. The monoisotopic (exact) mass is 246 g/mol. The molecule has 0 radical (unpaired) electrons. The van der Waals surface area contributed by atoms with Gasteiger partial charge in [0.2, 0.25) is 0 Å². The second-order valence-electron chi connectivity index (χ2n) is 4.03. The first-order valence-corrected chi connectivity index (χ1v) is 7.75. The van der Waals surface area contributed by atoms with E-state index in [9.17, 15) is 0 Å². The number of benzene rings is 2. The van der Waals surface area contributed by atoms with E-state index in [0.29, 0.717) is 4.58 Å². The van der Waals surface area contributed by atoms with Crippen LogP contribution in [0.3, 0.4) is 0 Å². The normalized spacial score (nSPS) is 17.8. The summed E-state index contributed by atoms with van der Waals surface area (Å²) >= 11 is 4.18. The Labute approximate surface area is 105 Å². The summed E-state index contributed by atoms with van der Waals surface area (Å²) < 4.78 is 0.651. The van der Waals surface area contributed by atoms with Crippen molar-refractivity contribution in [3.63, 3.8) is 0 Å². The third kappa shape index (κ3) is 2.09. The maximum absolute atomic E-state index is 2.35. The van der Waals surface area contributed by atoms with Crippen LogP contribution in [0.2, 0.25) is 0 Å². The molecule has 1 aliphatic heterocycles. The van der Waals surface area contributed by atoms with E-state index in [1.165, 1.54) is 34.3 Å². The second-order valence-corrected chi connectivity index (χ2v) is 6.76. The lowest BCUT2D eigenvalue weighted by molar-refractivity contribution is 1.10. The van der Waals surface area contributed by atoms with Crippen LogP contribution in [0, 0.1) is 0 Å². The number of hydrogen-bond acceptors (Lipinski definition) is 2. The van der Waals surface area contributed by atoms with Crippen molar-refractivity contribution in [3.05, 3.63) is 48.0 Å². The highest BCUT2D eigenvalue weighted by molar-refractivity contribution is 8.16. The molecule has 2 aromatic rings. The molecule has 0 nitrogen and oxygen atoms in total. The highest BCUT2D eigenvalue weighted by Crippen LogP contribution is 2.44. The summed E-state index contributed by atoms with van der Waals surface area (Å²) in [5.41, 5.74) is 1.48. The Morgan fingerprint density at radius 2 is 1.62 bits per heavy atom. The molecule has 0 bridgehead atoms. The average Bonchev–Trinajstić information content (AvgIpc) is 2.39. The molecule has 0 aromatic heterocycles. The molecular formula is C14H14S2. The van der Waals surface area contributed by atoms with Crippen LogP contribution in [0.5, 0.6) is 0 Å². The van der Waals surface area contributed by atoms with Crippen LogP contribution in [-0.2, 0) is 0 Å². The van der Waals surface area contributed by atoms with E-state index in [-0.39, 0.29) is 0 Å². The van der Waals surface area contributed by atoms with Crippen molar-refractivity contribution in [2.24, 2.45) is 0 Å². The molecule has 0 N–H and O–H groups in total. The molecular weight excluding hydrogens is 232 g/mol. The summed E-state index contributed by atoms with van der Waals surface area (Å²) in [7, 11) is 0. The molecule has 1 aliphatic rings. The second kappa shape index (κ2) is 4.72. The van der Waals surface area contributed by atoms with Crippen molar-refractivity contribution in [1.82, 2.24) is 0 Å². The molecule has 0 unspecified atom stereocenters. The SMILES string of the molecule is c1ccc2cc(C3SCCCS3)ccc2c1. The van der Waals surface area contributed by atoms with E-state index >= 15 is 0 Å². The van der Waals surface area contributed by atoms with E-state index in [1.54, 1.807) is 0 Å². The van der Waals surface area contributed by atoms with Crippen LogP contribution in [0.1, 0.15) is 16.6 Å².